The Morgan fingerprint density at radius 1 is 1.40 bits per heavy atom. The van der Waals surface area contributed by atoms with Crippen molar-refractivity contribution >= 4 is 0 Å². The Kier molecular flexibility index (Phi) is 5.19. The first-order chi connectivity index (χ1) is 7.26. The first kappa shape index (κ1) is 12.1. The zero-order valence-corrected chi connectivity index (χ0v) is 9.70. The number of hydrogen-bond donors (Lipinski definition) is 1. The summed E-state index contributed by atoms with van der Waals surface area (Å²) in [6, 6.07) is 8.29. The number of ether oxygens (including phenoxy) is 1. The molecule has 1 rings (SSSR count). The Balaban J connectivity index is 2.57. The Morgan fingerprint density at radius 3 is 2.87 bits per heavy atom. The maximum absolute atomic E-state index is 5.61. The summed E-state index contributed by atoms with van der Waals surface area (Å²) < 4.78 is 5.58. The quantitative estimate of drug-likeness (QED) is 0.778. The third kappa shape index (κ3) is 4.34. The van der Waals surface area contributed by atoms with Crippen LogP contribution in [0, 0.1) is 5.92 Å². The normalized spacial score (nSPS) is 12.5. The summed E-state index contributed by atoms with van der Waals surface area (Å²) in [5.74, 6) is 1.50. The van der Waals surface area contributed by atoms with E-state index in [2.05, 4.69) is 26.0 Å². The van der Waals surface area contributed by atoms with Gasteiger partial charge in [0, 0.05) is 0 Å². The van der Waals surface area contributed by atoms with E-state index in [4.69, 9.17) is 10.5 Å². The van der Waals surface area contributed by atoms with Gasteiger partial charge in [-0.1, -0.05) is 26.0 Å². The number of rotatable bonds is 6. The van der Waals surface area contributed by atoms with Crippen LogP contribution in [-0.4, -0.2) is 13.2 Å². The zero-order chi connectivity index (χ0) is 11.1. The summed E-state index contributed by atoms with van der Waals surface area (Å²) in [7, 11) is 0. The number of nitrogens with two attached hydrogens (primary N) is 1. The summed E-state index contributed by atoms with van der Waals surface area (Å²) in [6.07, 6.45) is 2.07. The van der Waals surface area contributed by atoms with Crippen molar-refractivity contribution in [1.82, 2.24) is 0 Å². The lowest BCUT2D eigenvalue weighted by molar-refractivity contribution is 0.317. The van der Waals surface area contributed by atoms with Gasteiger partial charge in [-0.2, -0.15) is 0 Å². The highest BCUT2D eigenvalue weighted by Crippen LogP contribution is 2.16. The van der Waals surface area contributed by atoms with Gasteiger partial charge in [-0.05, 0) is 43.0 Å². The van der Waals surface area contributed by atoms with Crippen LogP contribution in [0.15, 0.2) is 24.3 Å². The SMILES string of the molecule is CCCOc1cccc(CC(C)CN)c1. The van der Waals surface area contributed by atoms with Gasteiger partial charge in [-0.25, -0.2) is 0 Å². The molecule has 1 atom stereocenters. The van der Waals surface area contributed by atoms with Crippen LogP contribution in [0.2, 0.25) is 0 Å². The molecule has 2 N–H and O–H groups in total. The third-order valence-electron chi connectivity index (χ3n) is 2.36. The van der Waals surface area contributed by atoms with Crippen LogP contribution >= 0.6 is 0 Å². The first-order valence-electron chi connectivity index (χ1n) is 5.68. The van der Waals surface area contributed by atoms with Gasteiger partial charge in [0.05, 0.1) is 6.61 Å². The smallest absolute Gasteiger partial charge is 0.119 e. The average molecular weight is 207 g/mol. The van der Waals surface area contributed by atoms with Crippen molar-refractivity contribution in [2.24, 2.45) is 11.7 Å². The molecule has 0 heterocycles. The van der Waals surface area contributed by atoms with Crippen molar-refractivity contribution < 1.29 is 4.74 Å². The molecule has 0 saturated carbocycles. The van der Waals surface area contributed by atoms with E-state index in [1.54, 1.807) is 0 Å². The van der Waals surface area contributed by atoms with Crippen molar-refractivity contribution in [2.75, 3.05) is 13.2 Å². The lowest BCUT2D eigenvalue weighted by Crippen LogP contribution is -2.13. The van der Waals surface area contributed by atoms with E-state index in [-0.39, 0.29) is 0 Å². The average Bonchev–Trinajstić information content (AvgIpc) is 2.26. The van der Waals surface area contributed by atoms with E-state index < -0.39 is 0 Å². The van der Waals surface area contributed by atoms with E-state index in [1.807, 2.05) is 12.1 Å². The highest BCUT2D eigenvalue weighted by molar-refractivity contribution is 5.28. The van der Waals surface area contributed by atoms with E-state index in [0.717, 1.165) is 31.7 Å². The van der Waals surface area contributed by atoms with Crippen LogP contribution in [0.3, 0.4) is 0 Å². The fraction of sp³-hybridized carbons (Fsp3) is 0.538. The molecule has 2 heteroatoms. The van der Waals surface area contributed by atoms with Gasteiger partial charge in [-0.3, -0.25) is 0 Å². The van der Waals surface area contributed by atoms with Crippen LogP contribution in [0.4, 0.5) is 0 Å². The first-order valence-corrected chi connectivity index (χ1v) is 5.68. The molecule has 0 radical (unpaired) electrons. The molecule has 0 aromatic heterocycles. The van der Waals surface area contributed by atoms with Gasteiger partial charge in [-0.15, -0.1) is 0 Å². The number of hydrogen-bond acceptors (Lipinski definition) is 2. The minimum absolute atomic E-state index is 0.534. The molecule has 0 aliphatic rings. The van der Waals surface area contributed by atoms with Gasteiger partial charge in [0.2, 0.25) is 0 Å². The third-order valence-corrected chi connectivity index (χ3v) is 2.36. The molecule has 1 aromatic rings. The molecule has 1 aromatic carbocycles. The molecular formula is C13H21NO. The van der Waals surface area contributed by atoms with Crippen molar-refractivity contribution in [3.63, 3.8) is 0 Å². The highest BCUT2D eigenvalue weighted by Gasteiger charge is 2.02. The van der Waals surface area contributed by atoms with Crippen molar-refractivity contribution in [2.45, 2.75) is 26.7 Å². The Labute approximate surface area is 92.4 Å². The Hall–Kier alpha value is -1.02. The second-order valence-corrected chi connectivity index (χ2v) is 4.04. The largest absolute Gasteiger partial charge is 0.494 e. The van der Waals surface area contributed by atoms with Gasteiger partial charge in [0.15, 0.2) is 0 Å². The molecule has 1 unspecified atom stereocenters. The molecule has 0 amide bonds. The fourth-order valence-corrected chi connectivity index (χ4v) is 1.47. The van der Waals surface area contributed by atoms with Crippen LogP contribution < -0.4 is 10.5 Å². The van der Waals surface area contributed by atoms with E-state index >= 15 is 0 Å². The van der Waals surface area contributed by atoms with E-state index in [0.29, 0.717) is 5.92 Å². The molecule has 0 spiro atoms. The lowest BCUT2D eigenvalue weighted by Gasteiger charge is -2.10. The molecule has 0 saturated heterocycles. The van der Waals surface area contributed by atoms with Crippen molar-refractivity contribution in [1.29, 1.82) is 0 Å². The van der Waals surface area contributed by atoms with Crippen molar-refractivity contribution in [3.8, 4) is 5.75 Å². The monoisotopic (exact) mass is 207 g/mol. The fourth-order valence-electron chi connectivity index (χ4n) is 1.47. The minimum atomic E-state index is 0.534. The van der Waals surface area contributed by atoms with Gasteiger partial charge < -0.3 is 10.5 Å². The van der Waals surface area contributed by atoms with Crippen LogP contribution in [0.5, 0.6) is 5.75 Å². The molecule has 0 fully saturated rings. The van der Waals surface area contributed by atoms with Crippen molar-refractivity contribution in [3.05, 3.63) is 29.8 Å². The maximum atomic E-state index is 5.61. The second-order valence-electron chi connectivity index (χ2n) is 4.04. The van der Waals surface area contributed by atoms with Crippen LogP contribution in [0.25, 0.3) is 0 Å². The lowest BCUT2D eigenvalue weighted by atomic mass is 10.0. The zero-order valence-electron chi connectivity index (χ0n) is 9.70. The predicted molar refractivity (Wildman–Crippen MR) is 64.2 cm³/mol. The summed E-state index contributed by atoms with van der Waals surface area (Å²) >= 11 is 0. The summed E-state index contributed by atoms with van der Waals surface area (Å²) in [4.78, 5) is 0. The summed E-state index contributed by atoms with van der Waals surface area (Å²) in [5, 5.41) is 0. The molecule has 84 valence electrons. The highest BCUT2D eigenvalue weighted by atomic mass is 16.5. The maximum Gasteiger partial charge on any atom is 0.119 e. The minimum Gasteiger partial charge on any atom is -0.494 e. The van der Waals surface area contributed by atoms with E-state index in [9.17, 15) is 0 Å². The second kappa shape index (κ2) is 6.46. The van der Waals surface area contributed by atoms with Crippen LogP contribution in [-0.2, 0) is 6.42 Å². The molecule has 0 aliphatic heterocycles. The molecule has 0 bridgehead atoms. The molecular weight excluding hydrogens is 186 g/mol. The Morgan fingerprint density at radius 2 is 2.20 bits per heavy atom. The molecule has 15 heavy (non-hydrogen) atoms. The van der Waals surface area contributed by atoms with Gasteiger partial charge >= 0.3 is 0 Å². The molecule has 0 aliphatic carbocycles. The van der Waals surface area contributed by atoms with Gasteiger partial charge in [0.1, 0.15) is 5.75 Å². The Bertz CT molecular complexity index is 286. The topological polar surface area (TPSA) is 35.2 Å². The van der Waals surface area contributed by atoms with E-state index in [1.165, 1.54) is 5.56 Å². The van der Waals surface area contributed by atoms with Crippen LogP contribution in [0.1, 0.15) is 25.8 Å². The van der Waals surface area contributed by atoms with Gasteiger partial charge in [0.25, 0.3) is 0 Å². The number of benzene rings is 1. The molecule has 2 nitrogen and oxygen atoms in total. The summed E-state index contributed by atoms with van der Waals surface area (Å²) in [6.45, 7) is 5.80. The standard InChI is InChI=1S/C13H21NO/c1-3-7-15-13-6-4-5-12(9-13)8-11(2)10-14/h4-6,9,11H,3,7-8,10,14H2,1-2H3. The predicted octanol–water partition coefficient (Wildman–Crippen LogP) is 2.61. The summed E-state index contributed by atoms with van der Waals surface area (Å²) in [5.41, 5.74) is 6.91.